The topological polar surface area (TPSA) is 58.6 Å². The summed E-state index contributed by atoms with van der Waals surface area (Å²) < 4.78 is 18.2. The van der Waals surface area contributed by atoms with E-state index in [4.69, 9.17) is 4.74 Å². The van der Waals surface area contributed by atoms with Crippen molar-refractivity contribution in [2.45, 2.75) is 32.2 Å². The van der Waals surface area contributed by atoms with Gasteiger partial charge in [-0.15, -0.1) is 0 Å². The molecule has 150 valence electrons. The molecule has 1 fully saturated rings. The Balaban J connectivity index is 1.77. The summed E-state index contributed by atoms with van der Waals surface area (Å²) in [6.45, 7) is 10.3. The van der Waals surface area contributed by atoms with Gasteiger partial charge in [-0.05, 0) is 38.5 Å². The lowest BCUT2D eigenvalue weighted by atomic mass is 9.93. The average molecular weight is 386 g/mol. The Hall–Kier alpha value is -2.54. The molecule has 0 bridgehead atoms. The summed E-state index contributed by atoms with van der Waals surface area (Å²) in [4.78, 5) is 25.9. The van der Waals surface area contributed by atoms with Crippen LogP contribution in [0.15, 0.2) is 36.7 Å². The molecule has 1 saturated heterocycles. The van der Waals surface area contributed by atoms with Gasteiger partial charge >= 0.3 is 5.97 Å². The van der Waals surface area contributed by atoms with Crippen molar-refractivity contribution >= 4 is 11.9 Å². The van der Waals surface area contributed by atoms with Crippen LogP contribution in [0, 0.1) is 5.82 Å². The van der Waals surface area contributed by atoms with Gasteiger partial charge in [-0.3, -0.25) is 9.69 Å². The van der Waals surface area contributed by atoms with Gasteiger partial charge in [0.1, 0.15) is 11.7 Å². The smallest absolute Gasteiger partial charge is 0.317 e. The van der Waals surface area contributed by atoms with E-state index in [0.717, 1.165) is 26.2 Å². The Kier molecular flexibility index (Phi) is 5.93. The quantitative estimate of drug-likeness (QED) is 0.753. The summed E-state index contributed by atoms with van der Waals surface area (Å²) in [5.41, 5.74) is 1.42. The molecule has 1 unspecified atom stereocenters. The molecular weight excluding hydrogens is 359 g/mol. The molecule has 2 aromatic rings. The zero-order valence-corrected chi connectivity index (χ0v) is 16.9. The number of piperazine rings is 1. The van der Waals surface area contributed by atoms with Gasteiger partial charge in [-0.1, -0.05) is 12.1 Å². The van der Waals surface area contributed by atoms with Crippen molar-refractivity contribution in [1.29, 1.82) is 0 Å². The number of nitrogens with zero attached hydrogens (tertiary/aromatic N) is 4. The molecular formula is C21H27FN4O2. The van der Waals surface area contributed by atoms with Crippen LogP contribution in [0.25, 0.3) is 0 Å². The van der Waals surface area contributed by atoms with Crippen LogP contribution < -0.4 is 4.90 Å². The molecule has 0 radical (unpaired) electrons. The molecule has 1 aromatic heterocycles. The van der Waals surface area contributed by atoms with E-state index in [1.54, 1.807) is 24.5 Å². The standard InChI is InChI=1S/C21H27FN4O2/c1-21(2,3)26-11-9-25(10-12-26)20-23-13-16(14-24-20)18(19(27)28-4)15-5-7-17(22)8-6-15/h5-8,13-14,18H,9-12H2,1-4H3. The van der Waals surface area contributed by atoms with Crippen molar-refractivity contribution in [2.24, 2.45) is 0 Å². The molecule has 0 N–H and O–H groups in total. The number of halogens is 1. The van der Waals surface area contributed by atoms with Crippen molar-refractivity contribution in [1.82, 2.24) is 14.9 Å². The fourth-order valence-electron chi connectivity index (χ4n) is 3.46. The summed E-state index contributed by atoms with van der Waals surface area (Å²) >= 11 is 0. The minimum atomic E-state index is -0.683. The number of rotatable bonds is 4. The third-order valence-electron chi connectivity index (χ3n) is 5.14. The highest BCUT2D eigenvalue weighted by atomic mass is 19.1. The van der Waals surface area contributed by atoms with Crippen molar-refractivity contribution in [3.8, 4) is 0 Å². The van der Waals surface area contributed by atoms with Gasteiger partial charge in [0.25, 0.3) is 0 Å². The highest BCUT2D eigenvalue weighted by molar-refractivity contribution is 5.81. The van der Waals surface area contributed by atoms with E-state index >= 15 is 0 Å². The third-order valence-corrected chi connectivity index (χ3v) is 5.14. The second-order valence-electron chi connectivity index (χ2n) is 7.97. The molecule has 3 rings (SSSR count). The number of anilines is 1. The zero-order chi connectivity index (χ0) is 20.3. The second-order valence-corrected chi connectivity index (χ2v) is 7.97. The van der Waals surface area contributed by atoms with Crippen molar-refractivity contribution < 1.29 is 13.9 Å². The third kappa shape index (κ3) is 4.47. The van der Waals surface area contributed by atoms with Gasteiger partial charge in [-0.25, -0.2) is 14.4 Å². The molecule has 6 nitrogen and oxygen atoms in total. The molecule has 0 spiro atoms. The zero-order valence-electron chi connectivity index (χ0n) is 16.9. The van der Waals surface area contributed by atoms with Crippen LogP contribution in [0.3, 0.4) is 0 Å². The molecule has 1 aliphatic rings. The van der Waals surface area contributed by atoms with Crippen molar-refractivity contribution in [2.75, 3.05) is 38.2 Å². The maximum Gasteiger partial charge on any atom is 0.317 e. The van der Waals surface area contributed by atoms with Gasteiger partial charge < -0.3 is 9.64 Å². The summed E-state index contributed by atoms with van der Waals surface area (Å²) in [6, 6.07) is 5.82. The number of carbonyl (C=O) groups is 1. The van der Waals surface area contributed by atoms with Crippen molar-refractivity contribution in [3.63, 3.8) is 0 Å². The van der Waals surface area contributed by atoms with E-state index in [2.05, 4.69) is 40.5 Å². The minimum Gasteiger partial charge on any atom is -0.468 e. The first kappa shape index (κ1) is 20.2. The first-order valence-electron chi connectivity index (χ1n) is 9.45. The summed E-state index contributed by atoms with van der Waals surface area (Å²) in [5, 5.41) is 0. The number of esters is 1. The van der Waals surface area contributed by atoms with Gasteiger partial charge in [0.05, 0.1) is 7.11 Å². The van der Waals surface area contributed by atoms with E-state index in [1.165, 1.54) is 19.2 Å². The van der Waals surface area contributed by atoms with E-state index in [9.17, 15) is 9.18 Å². The molecule has 0 amide bonds. The number of hydrogen-bond acceptors (Lipinski definition) is 6. The minimum absolute atomic E-state index is 0.152. The lowest BCUT2D eigenvalue weighted by Gasteiger charge is -2.42. The van der Waals surface area contributed by atoms with Gasteiger partial charge in [0.15, 0.2) is 0 Å². The number of benzene rings is 1. The number of carbonyl (C=O) groups excluding carboxylic acids is 1. The van der Waals surface area contributed by atoms with E-state index in [0.29, 0.717) is 17.1 Å². The normalized spacial score (nSPS) is 16.7. The summed E-state index contributed by atoms with van der Waals surface area (Å²) in [5.74, 6) is -0.812. The SMILES string of the molecule is COC(=O)C(c1ccc(F)cc1)c1cnc(N2CCN(C(C)(C)C)CC2)nc1. The molecule has 1 atom stereocenters. The van der Waals surface area contributed by atoms with Crippen molar-refractivity contribution in [3.05, 3.63) is 53.6 Å². The van der Waals surface area contributed by atoms with Crippen LogP contribution in [0.2, 0.25) is 0 Å². The largest absolute Gasteiger partial charge is 0.468 e. The number of methoxy groups -OCH3 is 1. The van der Waals surface area contributed by atoms with E-state index < -0.39 is 11.9 Å². The molecule has 28 heavy (non-hydrogen) atoms. The highest BCUT2D eigenvalue weighted by Crippen LogP contribution is 2.26. The Morgan fingerprint density at radius 1 is 1.04 bits per heavy atom. The van der Waals surface area contributed by atoms with Crippen LogP contribution in [-0.2, 0) is 9.53 Å². The van der Waals surface area contributed by atoms with Gasteiger partial charge in [0.2, 0.25) is 5.95 Å². The van der Waals surface area contributed by atoms with Gasteiger partial charge in [0, 0.05) is 49.7 Å². The van der Waals surface area contributed by atoms with Crippen LogP contribution >= 0.6 is 0 Å². The predicted octanol–water partition coefficient (Wildman–Crippen LogP) is 2.84. The first-order valence-corrected chi connectivity index (χ1v) is 9.45. The monoisotopic (exact) mass is 386 g/mol. The van der Waals surface area contributed by atoms with Crippen LogP contribution in [0.1, 0.15) is 37.8 Å². The molecule has 1 aromatic carbocycles. The van der Waals surface area contributed by atoms with Gasteiger partial charge in [-0.2, -0.15) is 0 Å². The lowest BCUT2D eigenvalue weighted by Crippen LogP contribution is -2.53. The molecule has 2 heterocycles. The molecule has 1 aliphatic heterocycles. The fraction of sp³-hybridized carbons (Fsp3) is 0.476. The van der Waals surface area contributed by atoms with E-state index in [-0.39, 0.29) is 11.4 Å². The van der Waals surface area contributed by atoms with Crippen LogP contribution in [0.5, 0.6) is 0 Å². The maximum absolute atomic E-state index is 13.2. The molecule has 0 aliphatic carbocycles. The molecule has 0 saturated carbocycles. The maximum atomic E-state index is 13.2. The van der Waals surface area contributed by atoms with Crippen LogP contribution in [-0.4, -0.2) is 59.7 Å². The summed E-state index contributed by atoms with van der Waals surface area (Å²) in [6.07, 6.45) is 3.31. The Labute approximate surface area is 165 Å². The first-order chi connectivity index (χ1) is 13.3. The van der Waals surface area contributed by atoms with E-state index in [1.807, 2.05) is 0 Å². The lowest BCUT2D eigenvalue weighted by molar-refractivity contribution is -0.141. The second kappa shape index (κ2) is 8.22. The van der Waals surface area contributed by atoms with Crippen LogP contribution in [0.4, 0.5) is 10.3 Å². The average Bonchev–Trinajstić information content (AvgIpc) is 2.69. The fourth-order valence-corrected chi connectivity index (χ4v) is 3.46. The Bertz CT molecular complexity index is 795. The number of ether oxygens (including phenoxy) is 1. The Morgan fingerprint density at radius 3 is 2.11 bits per heavy atom. The Morgan fingerprint density at radius 2 is 1.61 bits per heavy atom. The summed E-state index contributed by atoms with van der Waals surface area (Å²) in [7, 11) is 1.34. The number of aromatic nitrogens is 2. The molecule has 7 heteroatoms. The highest BCUT2D eigenvalue weighted by Gasteiger charge is 2.28. The predicted molar refractivity (Wildman–Crippen MR) is 106 cm³/mol. The number of hydrogen-bond donors (Lipinski definition) is 0.